The molecule has 0 spiro atoms. The lowest BCUT2D eigenvalue weighted by atomic mass is 9.95. The minimum Gasteiger partial charge on any atom is -0.383 e. The maximum atomic E-state index is 11.3. The van der Waals surface area contributed by atoms with Gasteiger partial charge in [0.2, 0.25) is 11.9 Å². The highest BCUT2D eigenvalue weighted by Gasteiger charge is 2.26. The Morgan fingerprint density at radius 3 is 2.93 bits per heavy atom. The second-order valence-electron chi connectivity index (χ2n) is 3.60. The molecular formula is C9H13N5O. The molecular weight excluding hydrogens is 194 g/mol. The summed E-state index contributed by atoms with van der Waals surface area (Å²) < 4.78 is 0. The first kappa shape index (κ1) is 9.70. The van der Waals surface area contributed by atoms with Crippen LogP contribution >= 0.6 is 0 Å². The topological polar surface area (TPSA) is 92.9 Å². The largest absolute Gasteiger partial charge is 0.383 e. The molecule has 2 heterocycles. The van der Waals surface area contributed by atoms with Crippen LogP contribution in [0.1, 0.15) is 24.8 Å². The molecule has 1 aromatic rings. The van der Waals surface area contributed by atoms with E-state index in [1.807, 2.05) is 6.92 Å². The summed E-state index contributed by atoms with van der Waals surface area (Å²) in [6, 6.07) is 0. The summed E-state index contributed by atoms with van der Waals surface area (Å²) in [4.78, 5) is 19.6. The van der Waals surface area contributed by atoms with Crippen molar-refractivity contribution in [2.75, 3.05) is 23.4 Å². The molecule has 15 heavy (non-hydrogen) atoms. The van der Waals surface area contributed by atoms with Crippen molar-refractivity contribution in [1.29, 1.82) is 0 Å². The fraction of sp³-hybridized carbons (Fsp3) is 0.444. The van der Waals surface area contributed by atoms with Gasteiger partial charge in [0, 0.05) is 19.0 Å². The predicted molar refractivity (Wildman–Crippen MR) is 57.7 cm³/mol. The molecule has 6 nitrogen and oxygen atoms in total. The number of hydrogen-bond acceptors (Lipinski definition) is 5. The van der Waals surface area contributed by atoms with E-state index in [4.69, 9.17) is 5.73 Å². The van der Waals surface area contributed by atoms with Gasteiger partial charge in [-0.25, -0.2) is 0 Å². The van der Waals surface area contributed by atoms with Crippen molar-refractivity contribution in [1.82, 2.24) is 9.97 Å². The van der Waals surface area contributed by atoms with Crippen LogP contribution in [-0.4, -0.2) is 22.9 Å². The standard InChI is InChI=1S/C9H13N5O/c1-4-3-5(15)12-8-6(4)7(10)13-9(11-2)14-8/h4H,3H2,1-2H3,(H4,10,11,12,13,14,15). The normalized spacial score (nSPS) is 19.3. The first-order valence-corrected chi connectivity index (χ1v) is 4.77. The summed E-state index contributed by atoms with van der Waals surface area (Å²) in [5.41, 5.74) is 6.64. The Kier molecular flexibility index (Phi) is 2.18. The van der Waals surface area contributed by atoms with E-state index in [2.05, 4.69) is 20.6 Å². The third-order valence-electron chi connectivity index (χ3n) is 2.44. The van der Waals surface area contributed by atoms with Crippen molar-refractivity contribution in [2.45, 2.75) is 19.3 Å². The van der Waals surface area contributed by atoms with Crippen molar-refractivity contribution in [3.63, 3.8) is 0 Å². The van der Waals surface area contributed by atoms with Crippen LogP contribution in [0.2, 0.25) is 0 Å². The Balaban J connectivity index is 2.54. The number of rotatable bonds is 1. The number of nitrogens with zero attached hydrogens (tertiary/aromatic N) is 2. The summed E-state index contributed by atoms with van der Waals surface area (Å²) >= 11 is 0. The molecule has 1 aliphatic heterocycles. The molecule has 1 unspecified atom stereocenters. The molecule has 0 aliphatic carbocycles. The first-order valence-electron chi connectivity index (χ1n) is 4.77. The highest BCUT2D eigenvalue weighted by atomic mass is 16.1. The second kappa shape index (κ2) is 3.38. The minimum atomic E-state index is -0.0323. The first-order chi connectivity index (χ1) is 7.11. The Morgan fingerprint density at radius 2 is 2.27 bits per heavy atom. The summed E-state index contributed by atoms with van der Waals surface area (Å²) in [5.74, 6) is 1.41. The number of amides is 1. The minimum absolute atomic E-state index is 0.0323. The van der Waals surface area contributed by atoms with Crippen LogP contribution < -0.4 is 16.4 Å². The molecule has 1 amide bonds. The Morgan fingerprint density at radius 1 is 1.53 bits per heavy atom. The lowest BCUT2D eigenvalue weighted by Gasteiger charge is -2.22. The number of nitrogens with one attached hydrogen (secondary N) is 2. The van der Waals surface area contributed by atoms with E-state index in [0.717, 1.165) is 5.56 Å². The van der Waals surface area contributed by atoms with Gasteiger partial charge in [-0.1, -0.05) is 6.92 Å². The maximum Gasteiger partial charge on any atom is 0.226 e. The van der Waals surface area contributed by atoms with E-state index in [-0.39, 0.29) is 11.8 Å². The molecule has 0 saturated carbocycles. The van der Waals surface area contributed by atoms with E-state index in [9.17, 15) is 4.79 Å². The smallest absolute Gasteiger partial charge is 0.226 e. The van der Waals surface area contributed by atoms with Gasteiger partial charge < -0.3 is 16.4 Å². The molecule has 1 aromatic heterocycles. The highest BCUT2D eigenvalue weighted by molar-refractivity contribution is 5.94. The second-order valence-corrected chi connectivity index (χ2v) is 3.60. The van der Waals surface area contributed by atoms with E-state index >= 15 is 0 Å². The molecule has 80 valence electrons. The average Bonchev–Trinajstić information content (AvgIpc) is 2.15. The van der Waals surface area contributed by atoms with E-state index in [1.54, 1.807) is 7.05 Å². The number of carbonyl (C=O) groups is 1. The number of nitrogens with two attached hydrogens (primary N) is 1. The van der Waals surface area contributed by atoms with Crippen molar-refractivity contribution in [3.05, 3.63) is 5.56 Å². The molecule has 0 aromatic carbocycles. The monoisotopic (exact) mass is 207 g/mol. The number of hydrogen-bond donors (Lipinski definition) is 3. The van der Waals surface area contributed by atoms with Gasteiger partial charge in [0.25, 0.3) is 0 Å². The molecule has 1 aliphatic rings. The van der Waals surface area contributed by atoms with Crippen LogP contribution in [0.5, 0.6) is 0 Å². The number of anilines is 3. The van der Waals surface area contributed by atoms with E-state index < -0.39 is 0 Å². The fourth-order valence-corrected chi connectivity index (χ4v) is 1.74. The van der Waals surface area contributed by atoms with Gasteiger partial charge in [0.15, 0.2) is 0 Å². The van der Waals surface area contributed by atoms with Crippen molar-refractivity contribution >= 4 is 23.5 Å². The quantitative estimate of drug-likeness (QED) is 0.625. The summed E-state index contributed by atoms with van der Waals surface area (Å²) in [6.45, 7) is 1.94. The molecule has 0 radical (unpaired) electrons. The van der Waals surface area contributed by atoms with Crippen LogP contribution in [0.15, 0.2) is 0 Å². The molecule has 1 atom stereocenters. The van der Waals surface area contributed by atoms with Gasteiger partial charge >= 0.3 is 0 Å². The van der Waals surface area contributed by atoms with Gasteiger partial charge in [-0.2, -0.15) is 9.97 Å². The SMILES string of the molecule is CNc1nc(N)c2c(n1)NC(=O)CC2C. The van der Waals surface area contributed by atoms with Crippen LogP contribution in [0.3, 0.4) is 0 Å². The number of fused-ring (bicyclic) bond motifs is 1. The van der Waals surface area contributed by atoms with Crippen LogP contribution in [-0.2, 0) is 4.79 Å². The van der Waals surface area contributed by atoms with Gasteiger partial charge in [-0.3, -0.25) is 4.79 Å². The Bertz CT molecular complexity index is 417. The van der Waals surface area contributed by atoms with Crippen LogP contribution in [0.25, 0.3) is 0 Å². The zero-order chi connectivity index (χ0) is 11.0. The molecule has 0 saturated heterocycles. The Hall–Kier alpha value is -1.85. The summed E-state index contributed by atoms with van der Waals surface area (Å²) in [6.07, 6.45) is 0.430. The lowest BCUT2D eigenvalue weighted by molar-refractivity contribution is -0.116. The maximum absolute atomic E-state index is 11.3. The molecule has 6 heteroatoms. The third kappa shape index (κ3) is 1.58. The number of carbonyl (C=O) groups excluding carboxylic acids is 1. The molecule has 2 rings (SSSR count). The Labute approximate surface area is 87.3 Å². The van der Waals surface area contributed by atoms with Crippen molar-refractivity contribution in [2.24, 2.45) is 0 Å². The van der Waals surface area contributed by atoms with Crippen LogP contribution in [0, 0.1) is 0 Å². The zero-order valence-corrected chi connectivity index (χ0v) is 8.66. The van der Waals surface area contributed by atoms with Crippen molar-refractivity contribution < 1.29 is 4.79 Å². The average molecular weight is 207 g/mol. The summed E-state index contributed by atoms with van der Waals surface area (Å²) in [5, 5.41) is 5.49. The lowest BCUT2D eigenvalue weighted by Crippen LogP contribution is -2.24. The van der Waals surface area contributed by atoms with Gasteiger partial charge in [0.1, 0.15) is 11.6 Å². The highest BCUT2D eigenvalue weighted by Crippen LogP contribution is 2.34. The predicted octanol–water partition coefficient (Wildman–Crippen LogP) is 0.546. The van der Waals surface area contributed by atoms with E-state index in [1.165, 1.54) is 0 Å². The molecule has 4 N–H and O–H groups in total. The summed E-state index contributed by atoms with van der Waals surface area (Å²) in [7, 11) is 1.70. The third-order valence-corrected chi connectivity index (χ3v) is 2.44. The zero-order valence-electron chi connectivity index (χ0n) is 8.66. The fourth-order valence-electron chi connectivity index (χ4n) is 1.74. The van der Waals surface area contributed by atoms with Gasteiger partial charge in [-0.15, -0.1) is 0 Å². The van der Waals surface area contributed by atoms with Crippen molar-refractivity contribution in [3.8, 4) is 0 Å². The van der Waals surface area contributed by atoms with Gasteiger partial charge in [-0.05, 0) is 5.92 Å². The number of nitrogen functional groups attached to an aromatic ring is 1. The molecule has 0 bridgehead atoms. The van der Waals surface area contributed by atoms with Crippen LogP contribution in [0.4, 0.5) is 17.6 Å². The van der Waals surface area contributed by atoms with Gasteiger partial charge in [0.05, 0.1) is 0 Å². The van der Waals surface area contributed by atoms with E-state index in [0.29, 0.717) is 24.0 Å². The number of aromatic nitrogens is 2. The molecule has 0 fully saturated rings.